The molecule has 7 nitrogen and oxygen atoms in total. The highest BCUT2D eigenvalue weighted by Gasteiger charge is 2.45. The molecule has 0 bridgehead atoms. The molecule has 1 fully saturated rings. The van der Waals surface area contributed by atoms with E-state index in [1.165, 1.54) is 29.2 Å². The Labute approximate surface area is 163 Å². The molecule has 2 N–H and O–H groups in total. The van der Waals surface area contributed by atoms with E-state index in [0.717, 1.165) is 0 Å². The van der Waals surface area contributed by atoms with Crippen molar-refractivity contribution in [1.29, 1.82) is 5.26 Å². The van der Waals surface area contributed by atoms with Gasteiger partial charge in [-0.3, -0.25) is 14.7 Å². The molecule has 2 heterocycles. The maximum absolute atomic E-state index is 12.9. The number of hydrogen-bond donors (Lipinski definition) is 2. The number of aromatic nitrogens is 3. The SMILES string of the molecule is N#Cc1ccc(-c2c[nH]n(-c3ccc(C(=O)NC4CC(F)(F)C4)cn3)c2=O)cc1. The Balaban J connectivity index is 1.51. The highest BCUT2D eigenvalue weighted by molar-refractivity contribution is 5.94. The third-order valence-corrected chi connectivity index (χ3v) is 4.76. The van der Waals surface area contributed by atoms with Crippen LogP contribution in [-0.4, -0.2) is 32.6 Å². The number of hydrogen-bond acceptors (Lipinski definition) is 4. The standard InChI is InChI=1S/C20H15F2N5O2/c21-20(22)7-15(8-20)26-18(28)14-5-6-17(24-10-14)27-19(29)16(11-25-27)13-3-1-12(9-23)2-4-13/h1-6,10-11,15,25H,7-8H2,(H,26,28). The van der Waals surface area contributed by atoms with E-state index in [1.807, 2.05) is 6.07 Å². The number of H-pyrrole nitrogens is 1. The van der Waals surface area contributed by atoms with Crippen molar-refractivity contribution in [3.63, 3.8) is 0 Å². The number of benzene rings is 1. The molecule has 4 rings (SSSR count). The molecule has 1 saturated carbocycles. The molecule has 1 aliphatic rings. The minimum atomic E-state index is -2.71. The number of carbonyl (C=O) groups is 1. The summed E-state index contributed by atoms with van der Waals surface area (Å²) in [5, 5.41) is 14.2. The van der Waals surface area contributed by atoms with Crippen molar-refractivity contribution >= 4 is 5.91 Å². The van der Waals surface area contributed by atoms with E-state index in [2.05, 4.69) is 15.4 Å². The molecule has 0 spiro atoms. The number of nitrogens with zero attached hydrogens (tertiary/aromatic N) is 3. The van der Waals surface area contributed by atoms with E-state index in [1.54, 1.807) is 24.3 Å². The molecule has 0 atom stereocenters. The topological polar surface area (TPSA) is 104 Å². The molecule has 1 aliphatic carbocycles. The Kier molecular flexibility index (Phi) is 4.47. The second kappa shape index (κ2) is 6.98. The van der Waals surface area contributed by atoms with Gasteiger partial charge in [0, 0.05) is 31.3 Å². The van der Waals surface area contributed by atoms with Gasteiger partial charge in [-0.15, -0.1) is 0 Å². The van der Waals surface area contributed by atoms with Gasteiger partial charge in [0.05, 0.1) is 22.8 Å². The molecule has 1 amide bonds. The largest absolute Gasteiger partial charge is 0.349 e. The van der Waals surface area contributed by atoms with Gasteiger partial charge in [0.1, 0.15) is 0 Å². The predicted octanol–water partition coefficient (Wildman–Crippen LogP) is 2.63. The van der Waals surface area contributed by atoms with E-state index < -0.39 is 17.9 Å². The number of carbonyl (C=O) groups excluding carboxylic acids is 1. The molecule has 0 aliphatic heterocycles. The van der Waals surface area contributed by atoms with Crippen molar-refractivity contribution in [2.24, 2.45) is 0 Å². The molecule has 3 aromatic rings. The fourth-order valence-electron chi connectivity index (χ4n) is 3.16. The number of halogens is 2. The number of aromatic amines is 1. The number of alkyl halides is 2. The van der Waals surface area contributed by atoms with E-state index >= 15 is 0 Å². The number of nitriles is 1. The lowest BCUT2D eigenvalue weighted by molar-refractivity contribution is -0.0901. The van der Waals surface area contributed by atoms with Gasteiger partial charge in [0.25, 0.3) is 17.4 Å². The van der Waals surface area contributed by atoms with Crippen molar-refractivity contribution < 1.29 is 13.6 Å². The zero-order valence-electron chi connectivity index (χ0n) is 15.0. The zero-order valence-corrected chi connectivity index (χ0v) is 15.0. The predicted molar refractivity (Wildman–Crippen MR) is 99.8 cm³/mol. The van der Waals surface area contributed by atoms with Gasteiger partial charge in [-0.1, -0.05) is 12.1 Å². The van der Waals surface area contributed by atoms with Gasteiger partial charge in [-0.2, -0.15) is 5.26 Å². The first-order chi connectivity index (χ1) is 13.9. The van der Waals surface area contributed by atoms with E-state index in [9.17, 15) is 18.4 Å². The Morgan fingerprint density at radius 1 is 1.24 bits per heavy atom. The van der Waals surface area contributed by atoms with E-state index in [4.69, 9.17) is 5.26 Å². The summed E-state index contributed by atoms with van der Waals surface area (Å²) in [6.07, 6.45) is 2.10. The summed E-state index contributed by atoms with van der Waals surface area (Å²) in [5.41, 5.74) is 1.43. The summed E-state index contributed by atoms with van der Waals surface area (Å²) >= 11 is 0. The maximum atomic E-state index is 12.9. The van der Waals surface area contributed by atoms with Gasteiger partial charge >= 0.3 is 0 Å². The van der Waals surface area contributed by atoms with Gasteiger partial charge in [0.2, 0.25) is 0 Å². The van der Waals surface area contributed by atoms with Crippen LogP contribution >= 0.6 is 0 Å². The summed E-state index contributed by atoms with van der Waals surface area (Å²) < 4.78 is 27.0. The third kappa shape index (κ3) is 3.65. The van der Waals surface area contributed by atoms with Crippen LogP contribution in [0.1, 0.15) is 28.8 Å². The lowest BCUT2D eigenvalue weighted by Crippen LogP contribution is -2.50. The van der Waals surface area contributed by atoms with Crippen LogP contribution in [0.15, 0.2) is 53.6 Å². The second-order valence-electron chi connectivity index (χ2n) is 6.86. The monoisotopic (exact) mass is 395 g/mol. The van der Waals surface area contributed by atoms with Gasteiger partial charge < -0.3 is 5.32 Å². The maximum Gasteiger partial charge on any atom is 0.280 e. The highest BCUT2D eigenvalue weighted by atomic mass is 19.3. The van der Waals surface area contributed by atoms with Crippen LogP contribution < -0.4 is 10.9 Å². The van der Waals surface area contributed by atoms with Crippen molar-refractivity contribution in [2.75, 3.05) is 0 Å². The molecule has 0 radical (unpaired) electrons. The van der Waals surface area contributed by atoms with Crippen LogP contribution in [0.4, 0.5) is 8.78 Å². The van der Waals surface area contributed by atoms with Crippen LogP contribution in [0.5, 0.6) is 0 Å². The first-order valence-electron chi connectivity index (χ1n) is 8.82. The normalized spacial score (nSPS) is 15.3. The fraction of sp³-hybridized carbons (Fsp3) is 0.200. The van der Waals surface area contributed by atoms with Gasteiger partial charge in [0.15, 0.2) is 5.82 Å². The molecule has 0 unspecified atom stereocenters. The lowest BCUT2D eigenvalue weighted by Gasteiger charge is -2.35. The number of amides is 1. The first kappa shape index (κ1) is 18.6. The Morgan fingerprint density at radius 3 is 2.55 bits per heavy atom. The zero-order chi connectivity index (χ0) is 20.6. The minimum Gasteiger partial charge on any atom is -0.349 e. The van der Waals surface area contributed by atoms with Crippen molar-refractivity contribution in [2.45, 2.75) is 24.8 Å². The highest BCUT2D eigenvalue weighted by Crippen LogP contribution is 2.37. The Bertz CT molecular complexity index is 1150. The summed E-state index contributed by atoms with van der Waals surface area (Å²) in [5.74, 6) is -2.91. The number of pyridine rings is 1. The first-order valence-corrected chi connectivity index (χ1v) is 8.82. The van der Waals surface area contributed by atoms with Crippen LogP contribution in [-0.2, 0) is 0 Å². The summed E-state index contributed by atoms with van der Waals surface area (Å²) in [6, 6.07) is 11.0. The van der Waals surface area contributed by atoms with Crippen molar-refractivity contribution in [3.8, 4) is 23.0 Å². The smallest absolute Gasteiger partial charge is 0.280 e. The molecule has 9 heteroatoms. The third-order valence-electron chi connectivity index (χ3n) is 4.76. The van der Waals surface area contributed by atoms with Crippen molar-refractivity contribution in [3.05, 3.63) is 70.3 Å². The second-order valence-corrected chi connectivity index (χ2v) is 6.86. The average molecular weight is 395 g/mol. The average Bonchev–Trinajstić information content (AvgIpc) is 3.08. The quantitative estimate of drug-likeness (QED) is 0.709. The van der Waals surface area contributed by atoms with Crippen LogP contribution in [0, 0.1) is 11.3 Å². The number of nitrogens with one attached hydrogen (secondary N) is 2. The molecular formula is C20H15F2N5O2. The lowest BCUT2D eigenvalue weighted by atomic mass is 9.88. The summed E-state index contributed by atoms with van der Waals surface area (Å²) in [7, 11) is 0. The van der Waals surface area contributed by atoms with Crippen LogP contribution in [0.3, 0.4) is 0 Å². The molecular weight excluding hydrogens is 380 g/mol. The molecule has 0 saturated heterocycles. The van der Waals surface area contributed by atoms with E-state index in [0.29, 0.717) is 16.7 Å². The molecule has 29 heavy (non-hydrogen) atoms. The Morgan fingerprint density at radius 2 is 1.97 bits per heavy atom. The molecule has 2 aromatic heterocycles. The van der Waals surface area contributed by atoms with Crippen LogP contribution in [0.2, 0.25) is 0 Å². The van der Waals surface area contributed by atoms with E-state index in [-0.39, 0.29) is 29.8 Å². The summed E-state index contributed by atoms with van der Waals surface area (Å²) in [4.78, 5) is 28.9. The van der Waals surface area contributed by atoms with Crippen LogP contribution in [0.25, 0.3) is 16.9 Å². The number of rotatable bonds is 4. The van der Waals surface area contributed by atoms with Gasteiger partial charge in [-0.05, 0) is 29.8 Å². The van der Waals surface area contributed by atoms with Gasteiger partial charge in [-0.25, -0.2) is 18.4 Å². The minimum absolute atomic E-state index is 0.218. The molecule has 146 valence electrons. The fourth-order valence-corrected chi connectivity index (χ4v) is 3.16. The summed E-state index contributed by atoms with van der Waals surface area (Å²) in [6.45, 7) is 0. The Hall–Kier alpha value is -3.80. The van der Waals surface area contributed by atoms with Crippen molar-refractivity contribution in [1.82, 2.24) is 20.1 Å². The molecule has 1 aromatic carbocycles.